The molecule has 1 aliphatic heterocycles. The topological polar surface area (TPSA) is 71.5 Å². The highest BCUT2D eigenvalue weighted by molar-refractivity contribution is 5.94. The summed E-state index contributed by atoms with van der Waals surface area (Å²) >= 11 is 0. The minimum atomic E-state index is -0.479. The van der Waals surface area contributed by atoms with E-state index in [1.807, 2.05) is 12.1 Å². The first-order chi connectivity index (χ1) is 15.1. The molecule has 1 saturated heterocycles. The van der Waals surface area contributed by atoms with Crippen molar-refractivity contribution in [2.24, 2.45) is 0 Å². The maximum Gasteiger partial charge on any atom is 0.260 e. The Balaban J connectivity index is 1.32. The Morgan fingerprint density at radius 1 is 1.10 bits per heavy atom. The molecule has 1 aromatic heterocycles. The SMILES string of the molecule is O=C(NC1CCCC1)c1ccc([C@H]2CCCN(C(=O)COc3ccccc3F)C2)nc1. The molecule has 2 aliphatic rings. The van der Waals surface area contributed by atoms with E-state index in [9.17, 15) is 14.0 Å². The molecule has 2 fully saturated rings. The van der Waals surface area contributed by atoms with Gasteiger partial charge in [0.05, 0.1) is 5.56 Å². The van der Waals surface area contributed by atoms with Crippen LogP contribution in [0.5, 0.6) is 5.75 Å². The van der Waals surface area contributed by atoms with Crippen molar-refractivity contribution in [3.8, 4) is 5.75 Å². The number of carbonyl (C=O) groups excluding carboxylic acids is 2. The number of pyridine rings is 1. The minimum absolute atomic E-state index is 0.0725. The highest BCUT2D eigenvalue weighted by Gasteiger charge is 2.26. The van der Waals surface area contributed by atoms with Gasteiger partial charge in [0, 0.05) is 36.9 Å². The molecule has 0 unspecified atom stereocenters. The van der Waals surface area contributed by atoms with Gasteiger partial charge < -0.3 is 15.0 Å². The van der Waals surface area contributed by atoms with Crippen LogP contribution in [0, 0.1) is 5.82 Å². The number of rotatable bonds is 6. The van der Waals surface area contributed by atoms with E-state index in [1.54, 1.807) is 23.2 Å². The zero-order valence-corrected chi connectivity index (χ0v) is 17.6. The summed E-state index contributed by atoms with van der Waals surface area (Å²) in [5, 5.41) is 3.08. The summed E-state index contributed by atoms with van der Waals surface area (Å²) in [6, 6.07) is 10.0. The molecule has 7 heteroatoms. The Hall–Kier alpha value is -2.96. The van der Waals surface area contributed by atoms with E-state index in [2.05, 4.69) is 10.3 Å². The molecule has 2 heterocycles. The number of hydrogen-bond acceptors (Lipinski definition) is 4. The lowest BCUT2D eigenvalue weighted by Crippen LogP contribution is -2.41. The van der Waals surface area contributed by atoms with Crippen molar-refractivity contribution >= 4 is 11.8 Å². The average molecular weight is 426 g/mol. The number of nitrogens with one attached hydrogen (secondary N) is 1. The Labute approximate surface area is 181 Å². The quantitative estimate of drug-likeness (QED) is 0.767. The Morgan fingerprint density at radius 2 is 1.90 bits per heavy atom. The number of carbonyl (C=O) groups is 2. The lowest BCUT2D eigenvalue weighted by atomic mass is 9.94. The number of aromatic nitrogens is 1. The van der Waals surface area contributed by atoms with Crippen LogP contribution >= 0.6 is 0 Å². The number of likely N-dealkylation sites (tertiary alicyclic amines) is 1. The molecule has 4 rings (SSSR count). The zero-order valence-electron chi connectivity index (χ0n) is 17.6. The summed E-state index contributed by atoms with van der Waals surface area (Å²) in [4.78, 5) is 31.2. The molecular weight excluding hydrogens is 397 g/mol. The van der Waals surface area contributed by atoms with E-state index in [1.165, 1.54) is 25.0 Å². The molecular formula is C24H28FN3O3. The molecule has 164 valence electrons. The van der Waals surface area contributed by atoms with Crippen molar-refractivity contribution in [1.29, 1.82) is 0 Å². The summed E-state index contributed by atoms with van der Waals surface area (Å²) in [5.41, 5.74) is 1.45. The van der Waals surface area contributed by atoms with Gasteiger partial charge in [-0.3, -0.25) is 14.6 Å². The molecule has 2 amide bonds. The lowest BCUT2D eigenvalue weighted by Gasteiger charge is -2.32. The van der Waals surface area contributed by atoms with Crippen molar-refractivity contribution in [3.05, 3.63) is 59.7 Å². The number of hydrogen-bond donors (Lipinski definition) is 1. The third-order valence-corrected chi connectivity index (χ3v) is 6.12. The fourth-order valence-electron chi connectivity index (χ4n) is 4.36. The molecule has 6 nitrogen and oxygen atoms in total. The second-order valence-electron chi connectivity index (χ2n) is 8.32. The standard InChI is InChI=1S/C24H28FN3O3/c25-20-9-3-4-10-22(20)31-16-23(29)28-13-5-6-18(15-28)21-12-11-17(14-26-21)24(30)27-19-7-1-2-8-19/h3-4,9-12,14,18-19H,1-2,5-8,13,15-16H2,(H,27,30)/t18-/m0/s1. The second-order valence-corrected chi connectivity index (χ2v) is 8.32. The van der Waals surface area contributed by atoms with Gasteiger partial charge in [-0.25, -0.2) is 4.39 Å². The first-order valence-corrected chi connectivity index (χ1v) is 11.0. The van der Waals surface area contributed by atoms with Gasteiger partial charge in [0.25, 0.3) is 11.8 Å². The Bertz CT molecular complexity index is 913. The van der Waals surface area contributed by atoms with Gasteiger partial charge in [-0.2, -0.15) is 0 Å². The van der Waals surface area contributed by atoms with Crippen LogP contribution in [0.2, 0.25) is 0 Å². The average Bonchev–Trinajstić information content (AvgIpc) is 3.31. The molecule has 1 N–H and O–H groups in total. The van der Waals surface area contributed by atoms with E-state index in [0.29, 0.717) is 18.7 Å². The first kappa shape index (κ1) is 21.3. The normalized spacial score (nSPS) is 19.3. The summed E-state index contributed by atoms with van der Waals surface area (Å²) in [7, 11) is 0. The van der Waals surface area contributed by atoms with Gasteiger partial charge in [0.1, 0.15) is 0 Å². The molecule has 31 heavy (non-hydrogen) atoms. The summed E-state index contributed by atoms with van der Waals surface area (Å²) in [6.45, 7) is 0.999. The second kappa shape index (κ2) is 9.90. The van der Waals surface area contributed by atoms with Crippen molar-refractivity contribution in [1.82, 2.24) is 15.2 Å². The van der Waals surface area contributed by atoms with Crippen LogP contribution in [-0.2, 0) is 4.79 Å². The maximum absolute atomic E-state index is 13.7. The van der Waals surface area contributed by atoms with Gasteiger partial charge >= 0.3 is 0 Å². The molecule has 1 aromatic carbocycles. The van der Waals surface area contributed by atoms with Gasteiger partial charge in [0.2, 0.25) is 0 Å². The lowest BCUT2D eigenvalue weighted by molar-refractivity contribution is -0.134. The van der Waals surface area contributed by atoms with E-state index < -0.39 is 5.82 Å². The fourth-order valence-corrected chi connectivity index (χ4v) is 4.36. The van der Waals surface area contributed by atoms with E-state index in [4.69, 9.17) is 4.74 Å². The molecule has 2 aromatic rings. The van der Waals surface area contributed by atoms with Crippen LogP contribution in [0.1, 0.15) is 60.5 Å². The van der Waals surface area contributed by atoms with Crippen LogP contribution < -0.4 is 10.1 Å². The van der Waals surface area contributed by atoms with Crippen LogP contribution in [0.4, 0.5) is 4.39 Å². The Kier molecular flexibility index (Phi) is 6.79. The monoisotopic (exact) mass is 425 g/mol. The highest BCUT2D eigenvalue weighted by atomic mass is 19.1. The van der Waals surface area contributed by atoms with Crippen molar-refractivity contribution in [3.63, 3.8) is 0 Å². The van der Waals surface area contributed by atoms with Crippen molar-refractivity contribution in [2.45, 2.75) is 50.5 Å². The highest BCUT2D eigenvalue weighted by Crippen LogP contribution is 2.26. The fraction of sp³-hybridized carbons (Fsp3) is 0.458. The van der Waals surface area contributed by atoms with E-state index in [-0.39, 0.29) is 36.1 Å². The van der Waals surface area contributed by atoms with Crippen molar-refractivity contribution < 1.29 is 18.7 Å². The molecule has 1 aliphatic carbocycles. The van der Waals surface area contributed by atoms with Crippen LogP contribution in [0.3, 0.4) is 0 Å². The number of amides is 2. The molecule has 1 atom stereocenters. The summed E-state index contributed by atoms with van der Waals surface area (Å²) < 4.78 is 19.0. The molecule has 0 spiro atoms. The zero-order chi connectivity index (χ0) is 21.6. The van der Waals surface area contributed by atoms with Crippen LogP contribution in [0.15, 0.2) is 42.6 Å². The van der Waals surface area contributed by atoms with Gasteiger partial charge in [0.15, 0.2) is 18.2 Å². The number of piperidine rings is 1. The predicted octanol–water partition coefficient (Wildman–Crippen LogP) is 3.68. The predicted molar refractivity (Wildman–Crippen MR) is 114 cm³/mol. The van der Waals surface area contributed by atoms with Crippen LogP contribution in [-0.4, -0.2) is 47.4 Å². The third kappa shape index (κ3) is 5.40. The van der Waals surface area contributed by atoms with E-state index >= 15 is 0 Å². The number of para-hydroxylation sites is 1. The maximum atomic E-state index is 13.7. The van der Waals surface area contributed by atoms with Gasteiger partial charge in [-0.15, -0.1) is 0 Å². The van der Waals surface area contributed by atoms with Gasteiger partial charge in [-0.05, 0) is 49.9 Å². The van der Waals surface area contributed by atoms with Crippen LogP contribution in [0.25, 0.3) is 0 Å². The smallest absolute Gasteiger partial charge is 0.260 e. The summed E-state index contributed by atoms with van der Waals surface area (Å²) in [6.07, 6.45) is 7.85. The third-order valence-electron chi connectivity index (χ3n) is 6.12. The molecule has 0 radical (unpaired) electrons. The van der Waals surface area contributed by atoms with Gasteiger partial charge in [-0.1, -0.05) is 25.0 Å². The largest absolute Gasteiger partial charge is 0.481 e. The number of ether oxygens (including phenoxy) is 1. The molecule has 1 saturated carbocycles. The van der Waals surface area contributed by atoms with E-state index in [0.717, 1.165) is 31.4 Å². The minimum Gasteiger partial charge on any atom is -0.481 e. The number of halogens is 1. The first-order valence-electron chi connectivity index (χ1n) is 11.0. The summed E-state index contributed by atoms with van der Waals surface area (Å²) in [5.74, 6) is -0.527. The molecule has 0 bridgehead atoms. The number of benzene rings is 1. The van der Waals surface area contributed by atoms with Crippen molar-refractivity contribution in [2.75, 3.05) is 19.7 Å². The number of nitrogens with zero attached hydrogens (tertiary/aromatic N) is 2. The Morgan fingerprint density at radius 3 is 2.65 bits per heavy atom.